The fourth-order valence-electron chi connectivity index (χ4n) is 4.73. The van der Waals surface area contributed by atoms with Crippen molar-refractivity contribution >= 4 is 17.4 Å². The van der Waals surface area contributed by atoms with E-state index < -0.39 is 0 Å². The predicted octanol–water partition coefficient (Wildman–Crippen LogP) is 5.78. The summed E-state index contributed by atoms with van der Waals surface area (Å²) in [6.45, 7) is 6.44. The van der Waals surface area contributed by atoms with Crippen molar-refractivity contribution in [3.63, 3.8) is 0 Å². The second-order valence-electron chi connectivity index (χ2n) is 9.16. The van der Waals surface area contributed by atoms with E-state index >= 15 is 0 Å². The van der Waals surface area contributed by atoms with E-state index in [-0.39, 0.29) is 17.6 Å². The van der Waals surface area contributed by atoms with Crippen molar-refractivity contribution < 1.29 is 14.0 Å². The van der Waals surface area contributed by atoms with Gasteiger partial charge in [0.15, 0.2) is 0 Å². The highest BCUT2D eigenvalue weighted by Gasteiger charge is 2.41. The first-order chi connectivity index (χ1) is 15.0. The molecule has 1 fully saturated rings. The maximum Gasteiger partial charge on any atom is 0.277 e. The standard InChI is InChI=1S/C26H37FN2O2/c1-3-4-5-6-7-8-9-10-18-29-25(30)23(21-13-15-22(27)16-14-21)24(26(29)31)28-17-11-12-20(2)19-28/h13-16,20H,3-12,17-19H2,1-2H3. The molecule has 1 aromatic carbocycles. The monoisotopic (exact) mass is 428 g/mol. The Hall–Kier alpha value is -2.17. The number of imide groups is 1. The first-order valence-corrected chi connectivity index (χ1v) is 12.1. The number of carbonyl (C=O) groups is 2. The van der Waals surface area contributed by atoms with Crippen LogP contribution in [0.3, 0.4) is 0 Å². The number of halogens is 1. The van der Waals surface area contributed by atoms with E-state index in [1.54, 1.807) is 12.1 Å². The molecule has 170 valence electrons. The highest BCUT2D eigenvalue weighted by atomic mass is 19.1. The lowest BCUT2D eigenvalue weighted by molar-refractivity contribution is -0.137. The largest absolute Gasteiger partial charge is 0.366 e. The van der Waals surface area contributed by atoms with Crippen molar-refractivity contribution in [3.05, 3.63) is 41.3 Å². The number of amides is 2. The Balaban J connectivity index is 1.68. The highest BCUT2D eigenvalue weighted by Crippen LogP contribution is 2.34. The summed E-state index contributed by atoms with van der Waals surface area (Å²) in [6, 6.07) is 5.95. The second-order valence-corrected chi connectivity index (χ2v) is 9.16. The SMILES string of the molecule is CCCCCCCCCCN1C(=O)C(c2ccc(F)cc2)=C(N2CCCC(C)C2)C1=O. The quantitative estimate of drug-likeness (QED) is 0.331. The molecule has 1 saturated heterocycles. The number of carbonyl (C=O) groups excluding carboxylic acids is 2. The molecular weight excluding hydrogens is 391 g/mol. The van der Waals surface area contributed by atoms with Crippen LogP contribution in [0.25, 0.3) is 5.57 Å². The number of likely N-dealkylation sites (tertiary alicyclic amines) is 1. The molecule has 0 spiro atoms. The molecule has 2 aliphatic heterocycles. The van der Waals surface area contributed by atoms with Gasteiger partial charge in [0.1, 0.15) is 11.5 Å². The molecular formula is C26H37FN2O2. The molecule has 2 aliphatic rings. The summed E-state index contributed by atoms with van der Waals surface area (Å²) >= 11 is 0. The van der Waals surface area contributed by atoms with E-state index in [2.05, 4.69) is 18.7 Å². The van der Waals surface area contributed by atoms with Crippen LogP contribution in [0.5, 0.6) is 0 Å². The maximum absolute atomic E-state index is 13.5. The van der Waals surface area contributed by atoms with Crippen molar-refractivity contribution in [2.24, 2.45) is 5.92 Å². The lowest BCUT2D eigenvalue weighted by Crippen LogP contribution is -2.39. The number of piperidine rings is 1. The minimum absolute atomic E-state index is 0.179. The highest BCUT2D eigenvalue weighted by molar-refractivity contribution is 6.35. The zero-order valence-electron chi connectivity index (χ0n) is 19.2. The first-order valence-electron chi connectivity index (χ1n) is 12.1. The first kappa shape index (κ1) is 23.5. The van der Waals surface area contributed by atoms with Gasteiger partial charge in [-0.3, -0.25) is 14.5 Å². The van der Waals surface area contributed by atoms with Crippen molar-refractivity contribution in [3.8, 4) is 0 Å². The summed E-state index contributed by atoms with van der Waals surface area (Å²) in [4.78, 5) is 30.1. The molecule has 5 heteroatoms. The van der Waals surface area contributed by atoms with Crippen LogP contribution >= 0.6 is 0 Å². The second kappa shape index (κ2) is 11.4. The van der Waals surface area contributed by atoms with Gasteiger partial charge in [-0.2, -0.15) is 0 Å². The van der Waals surface area contributed by atoms with E-state index in [0.717, 1.165) is 45.2 Å². The van der Waals surface area contributed by atoms with Gasteiger partial charge in [0.25, 0.3) is 11.8 Å². The third kappa shape index (κ3) is 5.96. The van der Waals surface area contributed by atoms with Gasteiger partial charge in [-0.25, -0.2) is 4.39 Å². The van der Waals surface area contributed by atoms with Gasteiger partial charge in [0.2, 0.25) is 0 Å². The average Bonchev–Trinajstić information content (AvgIpc) is 3.00. The Morgan fingerprint density at radius 1 is 0.935 bits per heavy atom. The summed E-state index contributed by atoms with van der Waals surface area (Å²) < 4.78 is 13.5. The third-order valence-electron chi connectivity index (χ3n) is 6.48. The van der Waals surface area contributed by atoms with Gasteiger partial charge in [0.05, 0.1) is 5.57 Å². The van der Waals surface area contributed by atoms with E-state index in [9.17, 15) is 14.0 Å². The van der Waals surface area contributed by atoms with Crippen LogP contribution < -0.4 is 0 Å². The minimum atomic E-state index is -0.343. The molecule has 0 aliphatic carbocycles. The zero-order valence-corrected chi connectivity index (χ0v) is 19.2. The fourth-order valence-corrected chi connectivity index (χ4v) is 4.73. The molecule has 1 aromatic rings. The van der Waals surface area contributed by atoms with Crippen LogP contribution in [0.1, 0.15) is 83.6 Å². The molecule has 3 rings (SSSR count). The van der Waals surface area contributed by atoms with Crippen molar-refractivity contribution in [2.45, 2.75) is 78.1 Å². The van der Waals surface area contributed by atoms with Gasteiger partial charge in [0, 0.05) is 19.6 Å². The van der Waals surface area contributed by atoms with Gasteiger partial charge < -0.3 is 4.90 Å². The van der Waals surface area contributed by atoms with Crippen LogP contribution in [0.15, 0.2) is 30.0 Å². The molecule has 4 nitrogen and oxygen atoms in total. The fraction of sp³-hybridized carbons (Fsp3) is 0.615. The van der Waals surface area contributed by atoms with Crippen LogP contribution in [0.2, 0.25) is 0 Å². The molecule has 2 heterocycles. The van der Waals surface area contributed by atoms with Crippen LogP contribution in [-0.4, -0.2) is 41.2 Å². The molecule has 0 aromatic heterocycles. The number of hydrogen-bond donors (Lipinski definition) is 0. The Morgan fingerprint density at radius 2 is 1.58 bits per heavy atom. The minimum Gasteiger partial charge on any atom is -0.366 e. The smallest absolute Gasteiger partial charge is 0.277 e. The predicted molar refractivity (Wildman–Crippen MR) is 123 cm³/mol. The van der Waals surface area contributed by atoms with Crippen LogP contribution in [0.4, 0.5) is 4.39 Å². The average molecular weight is 429 g/mol. The van der Waals surface area contributed by atoms with E-state index in [1.807, 2.05) is 0 Å². The number of benzene rings is 1. The molecule has 1 unspecified atom stereocenters. The third-order valence-corrected chi connectivity index (χ3v) is 6.48. The number of hydrogen-bond acceptors (Lipinski definition) is 3. The topological polar surface area (TPSA) is 40.6 Å². The van der Waals surface area contributed by atoms with Gasteiger partial charge in [-0.15, -0.1) is 0 Å². The molecule has 31 heavy (non-hydrogen) atoms. The Bertz CT molecular complexity index is 787. The van der Waals surface area contributed by atoms with Crippen molar-refractivity contribution in [1.82, 2.24) is 9.80 Å². The van der Waals surface area contributed by atoms with Crippen molar-refractivity contribution in [1.29, 1.82) is 0 Å². The number of rotatable bonds is 11. The summed E-state index contributed by atoms with van der Waals surface area (Å²) in [7, 11) is 0. The zero-order chi connectivity index (χ0) is 22.2. The normalized spacial score (nSPS) is 19.6. The lowest BCUT2D eigenvalue weighted by Gasteiger charge is -2.33. The van der Waals surface area contributed by atoms with E-state index in [1.165, 1.54) is 49.1 Å². The van der Waals surface area contributed by atoms with Crippen LogP contribution in [-0.2, 0) is 9.59 Å². The van der Waals surface area contributed by atoms with Crippen LogP contribution in [0, 0.1) is 11.7 Å². The molecule has 0 saturated carbocycles. The van der Waals surface area contributed by atoms with E-state index in [0.29, 0.717) is 29.3 Å². The summed E-state index contributed by atoms with van der Waals surface area (Å²) in [5.74, 6) is -0.264. The van der Waals surface area contributed by atoms with Gasteiger partial charge >= 0.3 is 0 Å². The van der Waals surface area contributed by atoms with Crippen molar-refractivity contribution in [2.75, 3.05) is 19.6 Å². The summed E-state index contributed by atoms with van der Waals surface area (Å²) in [5.41, 5.74) is 1.59. The molecule has 1 atom stereocenters. The molecule has 0 radical (unpaired) electrons. The molecule has 2 amide bonds. The van der Waals surface area contributed by atoms with Gasteiger partial charge in [-0.1, -0.05) is 70.9 Å². The number of unbranched alkanes of at least 4 members (excludes halogenated alkanes) is 7. The Kier molecular flexibility index (Phi) is 8.68. The Morgan fingerprint density at radius 3 is 2.23 bits per heavy atom. The lowest BCUT2D eigenvalue weighted by atomic mass is 9.98. The van der Waals surface area contributed by atoms with Gasteiger partial charge in [-0.05, 0) is 42.9 Å². The number of nitrogens with zero attached hydrogens (tertiary/aromatic N) is 2. The van der Waals surface area contributed by atoms with E-state index in [4.69, 9.17) is 0 Å². The summed E-state index contributed by atoms with van der Waals surface area (Å²) in [6.07, 6.45) is 11.5. The maximum atomic E-state index is 13.5. The summed E-state index contributed by atoms with van der Waals surface area (Å²) in [5, 5.41) is 0. The molecule has 0 N–H and O–H groups in total. The Labute approximate surface area is 186 Å². The molecule has 0 bridgehead atoms.